The number of ether oxygens (including phenoxy) is 1. The second-order valence-electron chi connectivity index (χ2n) is 3.48. The first-order valence-electron chi connectivity index (χ1n) is 5.26. The molecule has 0 aliphatic heterocycles. The number of halogens is 1. The van der Waals surface area contributed by atoms with Gasteiger partial charge in [0.05, 0.1) is 18.4 Å². The van der Waals surface area contributed by atoms with Crippen LogP contribution in [0.1, 0.15) is 30.1 Å². The minimum Gasteiger partial charge on any atom is -0.465 e. The van der Waals surface area contributed by atoms with Gasteiger partial charge in [-0.25, -0.2) is 4.79 Å². The lowest BCUT2D eigenvalue weighted by molar-refractivity contribution is -0.116. The predicted molar refractivity (Wildman–Crippen MR) is 66.3 cm³/mol. The maximum Gasteiger partial charge on any atom is 0.340 e. The molecular formula is C12H14ClNO3. The number of hydrogen-bond donors (Lipinski definition) is 1. The van der Waals surface area contributed by atoms with E-state index in [9.17, 15) is 9.59 Å². The van der Waals surface area contributed by atoms with E-state index in [2.05, 4.69) is 10.1 Å². The molecular weight excluding hydrogens is 242 g/mol. The van der Waals surface area contributed by atoms with Crippen LogP contribution in [-0.2, 0) is 9.53 Å². The molecule has 1 aromatic rings. The quantitative estimate of drug-likeness (QED) is 0.842. The van der Waals surface area contributed by atoms with Crippen LogP contribution in [0, 0.1) is 0 Å². The van der Waals surface area contributed by atoms with E-state index in [0.29, 0.717) is 17.1 Å². The van der Waals surface area contributed by atoms with Gasteiger partial charge in [0.25, 0.3) is 0 Å². The average molecular weight is 256 g/mol. The number of rotatable bonds is 4. The Morgan fingerprint density at radius 2 is 2.12 bits per heavy atom. The number of hydrogen-bond acceptors (Lipinski definition) is 3. The smallest absolute Gasteiger partial charge is 0.340 e. The van der Waals surface area contributed by atoms with Gasteiger partial charge in [-0.1, -0.05) is 18.5 Å². The topological polar surface area (TPSA) is 55.4 Å². The Bertz CT molecular complexity index is 432. The first-order chi connectivity index (χ1) is 8.08. The van der Waals surface area contributed by atoms with Gasteiger partial charge < -0.3 is 10.1 Å². The third-order valence-corrected chi connectivity index (χ3v) is 2.37. The summed E-state index contributed by atoms with van der Waals surface area (Å²) in [7, 11) is 1.28. The molecule has 0 spiro atoms. The minimum atomic E-state index is -0.528. The summed E-state index contributed by atoms with van der Waals surface area (Å²) in [6, 6.07) is 4.66. The number of amides is 1. The monoisotopic (exact) mass is 255 g/mol. The van der Waals surface area contributed by atoms with Crippen molar-refractivity contribution in [1.82, 2.24) is 0 Å². The molecule has 0 fully saturated rings. The Morgan fingerprint density at radius 3 is 2.71 bits per heavy atom. The van der Waals surface area contributed by atoms with Crippen LogP contribution in [-0.4, -0.2) is 19.0 Å². The lowest BCUT2D eigenvalue weighted by Gasteiger charge is -2.09. The lowest BCUT2D eigenvalue weighted by atomic mass is 10.1. The standard InChI is InChI=1S/C12H14ClNO3/c1-3-4-11(15)14-10-6-5-8(13)7-9(10)12(16)17-2/h5-7H,3-4H2,1-2H3,(H,14,15). The molecule has 0 bridgehead atoms. The second kappa shape index (κ2) is 6.25. The van der Waals surface area contributed by atoms with E-state index in [0.717, 1.165) is 6.42 Å². The van der Waals surface area contributed by atoms with Gasteiger partial charge in [-0.15, -0.1) is 0 Å². The van der Waals surface area contributed by atoms with Gasteiger partial charge in [-0.05, 0) is 24.6 Å². The summed E-state index contributed by atoms with van der Waals surface area (Å²) in [5, 5.41) is 3.07. The van der Waals surface area contributed by atoms with Crippen molar-refractivity contribution in [3.8, 4) is 0 Å². The fourth-order valence-corrected chi connectivity index (χ4v) is 1.52. The van der Waals surface area contributed by atoms with E-state index in [-0.39, 0.29) is 11.5 Å². The first-order valence-corrected chi connectivity index (χ1v) is 5.64. The summed E-state index contributed by atoms with van der Waals surface area (Å²) in [6.45, 7) is 1.91. The number of methoxy groups -OCH3 is 1. The van der Waals surface area contributed by atoms with E-state index in [4.69, 9.17) is 11.6 Å². The Morgan fingerprint density at radius 1 is 1.41 bits per heavy atom. The number of esters is 1. The zero-order valence-corrected chi connectivity index (χ0v) is 10.5. The fraction of sp³-hybridized carbons (Fsp3) is 0.333. The van der Waals surface area contributed by atoms with Crippen LogP contribution in [0.5, 0.6) is 0 Å². The molecule has 0 radical (unpaired) electrons. The number of carbonyl (C=O) groups is 2. The molecule has 0 atom stereocenters. The third-order valence-electron chi connectivity index (χ3n) is 2.14. The highest BCUT2D eigenvalue weighted by atomic mass is 35.5. The van der Waals surface area contributed by atoms with Crippen molar-refractivity contribution < 1.29 is 14.3 Å². The summed E-state index contributed by atoms with van der Waals surface area (Å²) in [4.78, 5) is 23.0. The van der Waals surface area contributed by atoms with Crippen LogP contribution in [0.2, 0.25) is 5.02 Å². The third kappa shape index (κ3) is 3.75. The Kier molecular flexibility index (Phi) is 4.97. The van der Waals surface area contributed by atoms with Gasteiger partial charge in [-0.2, -0.15) is 0 Å². The molecule has 0 unspecified atom stereocenters. The normalized spacial score (nSPS) is 9.82. The summed E-state index contributed by atoms with van der Waals surface area (Å²) < 4.78 is 4.62. The van der Waals surface area contributed by atoms with Gasteiger partial charge in [0, 0.05) is 11.4 Å². The van der Waals surface area contributed by atoms with E-state index in [1.165, 1.54) is 13.2 Å². The molecule has 4 nitrogen and oxygen atoms in total. The van der Waals surface area contributed by atoms with Crippen LogP contribution < -0.4 is 5.32 Å². The van der Waals surface area contributed by atoms with Crippen LogP contribution in [0.25, 0.3) is 0 Å². The lowest BCUT2D eigenvalue weighted by Crippen LogP contribution is -2.14. The van der Waals surface area contributed by atoms with Gasteiger partial charge in [0.1, 0.15) is 0 Å². The molecule has 0 aliphatic rings. The maximum absolute atomic E-state index is 11.5. The molecule has 5 heteroatoms. The van der Waals surface area contributed by atoms with E-state index < -0.39 is 5.97 Å². The van der Waals surface area contributed by atoms with Gasteiger partial charge in [0.15, 0.2) is 0 Å². The van der Waals surface area contributed by atoms with E-state index in [1.54, 1.807) is 12.1 Å². The summed E-state index contributed by atoms with van der Waals surface area (Å²) >= 11 is 5.80. The SMILES string of the molecule is CCCC(=O)Nc1ccc(Cl)cc1C(=O)OC. The zero-order chi connectivity index (χ0) is 12.8. The van der Waals surface area contributed by atoms with Crippen molar-refractivity contribution in [2.24, 2.45) is 0 Å². The van der Waals surface area contributed by atoms with E-state index >= 15 is 0 Å². The van der Waals surface area contributed by atoms with Crippen molar-refractivity contribution in [3.05, 3.63) is 28.8 Å². The van der Waals surface area contributed by atoms with Gasteiger partial charge >= 0.3 is 5.97 Å². The number of anilines is 1. The summed E-state index contributed by atoms with van der Waals surface area (Å²) in [6.07, 6.45) is 1.15. The molecule has 0 aliphatic carbocycles. The highest BCUT2D eigenvalue weighted by molar-refractivity contribution is 6.31. The molecule has 0 aromatic heterocycles. The maximum atomic E-state index is 11.5. The van der Waals surface area contributed by atoms with Crippen molar-refractivity contribution in [1.29, 1.82) is 0 Å². The van der Waals surface area contributed by atoms with Crippen molar-refractivity contribution in [3.63, 3.8) is 0 Å². The molecule has 1 aromatic carbocycles. The van der Waals surface area contributed by atoms with Crippen LogP contribution in [0.15, 0.2) is 18.2 Å². The largest absolute Gasteiger partial charge is 0.465 e. The molecule has 92 valence electrons. The number of carbonyl (C=O) groups excluding carboxylic acids is 2. The van der Waals surface area contributed by atoms with Crippen LogP contribution in [0.3, 0.4) is 0 Å². The van der Waals surface area contributed by atoms with Gasteiger partial charge in [0.2, 0.25) is 5.91 Å². The van der Waals surface area contributed by atoms with Gasteiger partial charge in [-0.3, -0.25) is 4.79 Å². The van der Waals surface area contributed by atoms with E-state index in [1.807, 2.05) is 6.92 Å². The van der Waals surface area contributed by atoms with Crippen molar-refractivity contribution in [2.45, 2.75) is 19.8 Å². The van der Waals surface area contributed by atoms with Crippen molar-refractivity contribution in [2.75, 3.05) is 12.4 Å². The number of benzene rings is 1. The zero-order valence-electron chi connectivity index (χ0n) is 9.75. The Hall–Kier alpha value is -1.55. The highest BCUT2D eigenvalue weighted by Crippen LogP contribution is 2.21. The molecule has 0 saturated carbocycles. The second-order valence-corrected chi connectivity index (χ2v) is 3.92. The molecule has 17 heavy (non-hydrogen) atoms. The Balaban J connectivity index is 2.98. The Labute approximate surface area is 105 Å². The molecule has 0 heterocycles. The molecule has 1 N–H and O–H groups in total. The molecule has 0 saturated heterocycles. The fourth-order valence-electron chi connectivity index (χ4n) is 1.34. The summed E-state index contributed by atoms with van der Waals surface area (Å²) in [5.74, 6) is -0.667. The predicted octanol–water partition coefficient (Wildman–Crippen LogP) is 2.87. The highest BCUT2D eigenvalue weighted by Gasteiger charge is 2.14. The molecule has 1 rings (SSSR count). The molecule has 1 amide bonds. The van der Waals surface area contributed by atoms with Crippen LogP contribution in [0.4, 0.5) is 5.69 Å². The number of nitrogens with one attached hydrogen (secondary N) is 1. The van der Waals surface area contributed by atoms with Crippen LogP contribution >= 0.6 is 11.6 Å². The summed E-state index contributed by atoms with van der Waals surface area (Å²) in [5.41, 5.74) is 0.671. The minimum absolute atomic E-state index is 0.139. The first kappa shape index (κ1) is 13.5. The average Bonchev–Trinajstić information content (AvgIpc) is 2.30. The van der Waals surface area contributed by atoms with Crippen molar-refractivity contribution >= 4 is 29.2 Å².